The first-order valence-electron chi connectivity index (χ1n) is 6.65. The van der Waals surface area contributed by atoms with E-state index in [0.717, 1.165) is 18.7 Å². The van der Waals surface area contributed by atoms with Crippen LogP contribution in [0.3, 0.4) is 0 Å². The van der Waals surface area contributed by atoms with Crippen LogP contribution < -0.4 is 10.1 Å². The molecule has 112 valence electrons. The predicted molar refractivity (Wildman–Crippen MR) is 80.3 cm³/mol. The van der Waals surface area contributed by atoms with Gasteiger partial charge in [0.25, 0.3) is 0 Å². The molecule has 0 bridgehead atoms. The van der Waals surface area contributed by atoms with Crippen LogP contribution in [0.15, 0.2) is 41.2 Å². The molecule has 0 unspecified atom stereocenters. The topological polar surface area (TPSA) is 63.2 Å². The van der Waals surface area contributed by atoms with Crippen LogP contribution in [0.4, 0.5) is 0 Å². The molecule has 1 aromatic rings. The minimum Gasteiger partial charge on any atom is -0.496 e. The lowest BCUT2D eigenvalue weighted by Crippen LogP contribution is -2.24. The SMILES string of the molecule is COc1ccccc1C1=NOC(=O)C1=CNCCN(C)C. The Balaban J connectivity index is 2.18. The Morgan fingerprint density at radius 2 is 2.14 bits per heavy atom. The standard InChI is InChI=1S/C15H19N3O3/c1-18(2)9-8-16-10-12-14(17-21-15(12)19)11-6-4-5-7-13(11)20-3/h4-7,10,16H,8-9H2,1-3H3. The van der Waals surface area contributed by atoms with Crippen molar-refractivity contribution in [2.75, 3.05) is 34.3 Å². The lowest BCUT2D eigenvalue weighted by atomic mass is 10.0. The number of oxime groups is 1. The molecule has 1 heterocycles. The third-order valence-electron chi connectivity index (χ3n) is 3.01. The fourth-order valence-corrected chi connectivity index (χ4v) is 1.91. The van der Waals surface area contributed by atoms with Gasteiger partial charge >= 0.3 is 5.97 Å². The van der Waals surface area contributed by atoms with Gasteiger partial charge in [-0.25, -0.2) is 4.79 Å². The van der Waals surface area contributed by atoms with Gasteiger partial charge in [0.05, 0.1) is 7.11 Å². The quantitative estimate of drug-likeness (QED) is 0.481. The number of likely N-dealkylation sites (N-methyl/N-ethyl adjacent to an activating group) is 1. The number of carbonyl (C=O) groups is 1. The van der Waals surface area contributed by atoms with Gasteiger partial charge in [-0.05, 0) is 26.2 Å². The molecule has 0 saturated heterocycles. The lowest BCUT2D eigenvalue weighted by Gasteiger charge is -2.10. The van der Waals surface area contributed by atoms with E-state index in [1.54, 1.807) is 13.3 Å². The van der Waals surface area contributed by atoms with Gasteiger partial charge in [-0.15, -0.1) is 0 Å². The van der Waals surface area contributed by atoms with E-state index in [4.69, 9.17) is 9.57 Å². The number of para-hydroxylation sites is 1. The number of hydrogen-bond acceptors (Lipinski definition) is 6. The predicted octanol–water partition coefficient (Wildman–Crippen LogP) is 0.991. The average molecular weight is 289 g/mol. The molecule has 21 heavy (non-hydrogen) atoms. The Kier molecular flexibility index (Phi) is 4.94. The smallest absolute Gasteiger partial charge is 0.369 e. The molecular weight excluding hydrogens is 270 g/mol. The van der Waals surface area contributed by atoms with Gasteiger partial charge in [-0.2, -0.15) is 0 Å². The summed E-state index contributed by atoms with van der Waals surface area (Å²) in [6.07, 6.45) is 1.64. The fourth-order valence-electron chi connectivity index (χ4n) is 1.91. The molecule has 0 radical (unpaired) electrons. The summed E-state index contributed by atoms with van der Waals surface area (Å²) in [6.45, 7) is 1.59. The first kappa shape index (κ1) is 15.1. The monoisotopic (exact) mass is 289 g/mol. The highest BCUT2D eigenvalue weighted by Gasteiger charge is 2.28. The summed E-state index contributed by atoms with van der Waals surface area (Å²) in [5.41, 5.74) is 1.61. The van der Waals surface area contributed by atoms with Crippen molar-refractivity contribution in [2.24, 2.45) is 5.16 Å². The molecule has 0 saturated carbocycles. The molecule has 6 nitrogen and oxygen atoms in total. The van der Waals surface area contributed by atoms with Crippen LogP contribution in [0.5, 0.6) is 5.75 Å². The minimum absolute atomic E-state index is 0.401. The number of methoxy groups -OCH3 is 1. The first-order chi connectivity index (χ1) is 10.1. The number of nitrogens with one attached hydrogen (secondary N) is 1. The molecular formula is C15H19N3O3. The van der Waals surface area contributed by atoms with Gasteiger partial charge in [0.1, 0.15) is 17.0 Å². The molecule has 1 N–H and O–H groups in total. The third-order valence-corrected chi connectivity index (χ3v) is 3.01. The van der Waals surface area contributed by atoms with Crippen LogP contribution in [-0.2, 0) is 9.63 Å². The van der Waals surface area contributed by atoms with Gasteiger partial charge in [0.2, 0.25) is 0 Å². The van der Waals surface area contributed by atoms with Crippen molar-refractivity contribution >= 4 is 11.7 Å². The number of benzene rings is 1. The molecule has 0 atom stereocenters. The summed E-state index contributed by atoms with van der Waals surface area (Å²) in [7, 11) is 5.55. The minimum atomic E-state index is -0.465. The van der Waals surface area contributed by atoms with Crippen LogP contribution in [0, 0.1) is 0 Å². The van der Waals surface area contributed by atoms with Crippen molar-refractivity contribution in [3.8, 4) is 5.75 Å². The van der Waals surface area contributed by atoms with Crippen LogP contribution in [0.1, 0.15) is 5.56 Å². The summed E-state index contributed by atoms with van der Waals surface area (Å²) in [6, 6.07) is 7.38. The normalized spacial score (nSPS) is 16.1. The van der Waals surface area contributed by atoms with Gasteiger partial charge in [0, 0.05) is 24.9 Å². The highest BCUT2D eigenvalue weighted by Crippen LogP contribution is 2.25. The van der Waals surface area contributed by atoms with Gasteiger partial charge in [-0.1, -0.05) is 17.3 Å². The summed E-state index contributed by atoms with van der Waals surface area (Å²) < 4.78 is 5.30. The second-order valence-electron chi connectivity index (χ2n) is 4.83. The van der Waals surface area contributed by atoms with Crippen LogP contribution >= 0.6 is 0 Å². The average Bonchev–Trinajstić information content (AvgIpc) is 2.84. The Bertz CT molecular complexity index is 579. The van der Waals surface area contributed by atoms with E-state index in [1.807, 2.05) is 43.3 Å². The van der Waals surface area contributed by atoms with Gasteiger partial charge < -0.3 is 19.8 Å². The number of rotatable bonds is 6. The second kappa shape index (κ2) is 6.90. The maximum Gasteiger partial charge on any atom is 0.369 e. The van der Waals surface area contributed by atoms with E-state index in [1.165, 1.54) is 0 Å². The Labute approximate surface area is 124 Å². The molecule has 1 aliphatic heterocycles. The van der Waals surface area contributed by atoms with E-state index in [-0.39, 0.29) is 0 Å². The molecule has 1 aliphatic rings. The van der Waals surface area contributed by atoms with Crippen molar-refractivity contribution < 1.29 is 14.4 Å². The summed E-state index contributed by atoms with van der Waals surface area (Å²) in [5, 5.41) is 6.96. The molecule has 0 fully saturated rings. The number of ether oxygens (including phenoxy) is 1. The maximum absolute atomic E-state index is 11.8. The highest BCUT2D eigenvalue weighted by atomic mass is 16.7. The Hall–Kier alpha value is -2.34. The van der Waals surface area contributed by atoms with Crippen molar-refractivity contribution in [3.63, 3.8) is 0 Å². The van der Waals surface area contributed by atoms with Crippen molar-refractivity contribution in [3.05, 3.63) is 41.6 Å². The van der Waals surface area contributed by atoms with E-state index < -0.39 is 5.97 Å². The largest absolute Gasteiger partial charge is 0.496 e. The van der Waals surface area contributed by atoms with E-state index in [0.29, 0.717) is 17.0 Å². The molecule has 6 heteroatoms. The van der Waals surface area contributed by atoms with Crippen LogP contribution in [0.2, 0.25) is 0 Å². The zero-order valence-electron chi connectivity index (χ0n) is 12.4. The molecule has 1 aromatic carbocycles. The number of carbonyl (C=O) groups excluding carboxylic acids is 1. The summed E-state index contributed by atoms with van der Waals surface area (Å²) in [4.78, 5) is 18.6. The van der Waals surface area contributed by atoms with Crippen LogP contribution in [0.25, 0.3) is 0 Å². The lowest BCUT2D eigenvalue weighted by molar-refractivity contribution is -0.136. The molecule has 0 aromatic heterocycles. The van der Waals surface area contributed by atoms with Crippen LogP contribution in [-0.4, -0.2) is 50.9 Å². The highest BCUT2D eigenvalue weighted by molar-refractivity contribution is 6.29. The van der Waals surface area contributed by atoms with E-state index in [9.17, 15) is 4.79 Å². The van der Waals surface area contributed by atoms with Crippen molar-refractivity contribution in [1.29, 1.82) is 0 Å². The van der Waals surface area contributed by atoms with Gasteiger partial charge in [0.15, 0.2) is 0 Å². The van der Waals surface area contributed by atoms with Crippen molar-refractivity contribution in [1.82, 2.24) is 10.2 Å². The fraction of sp³-hybridized carbons (Fsp3) is 0.333. The molecule has 0 spiro atoms. The molecule has 2 rings (SSSR count). The van der Waals surface area contributed by atoms with E-state index in [2.05, 4.69) is 10.5 Å². The van der Waals surface area contributed by atoms with Gasteiger partial charge in [-0.3, -0.25) is 0 Å². The number of hydrogen-bond donors (Lipinski definition) is 1. The Morgan fingerprint density at radius 3 is 2.86 bits per heavy atom. The second-order valence-corrected chi connectivity index (χ2v) is 4.83. The zero-order valence-corrected chi connectivity index (χ0v) is 12.4. The van der Waals surface area contributed by atoms with E-state index >= 15 is 0 Å². The van der Waals surface area contributed by atoms with Crippen molar-refractivity contribution in [2.45, 2.75) is 0 Å². The first-order valence-corrected chi connectivity index (χ1v) is 6.65. The Morgan fingerprint density at radius 1 is 1.38 bits per heavy atom. The third kappa shape index (κ3) is 3.61. The zero-order chi connectivity index (χ0) is 15.2. The molecule has 0 amide bonds. The summed E-state index contributed by atoms with van der Waals surface area (Å²) >= 11 is 0. The summed E-state index contributed by atoms with van der Waals surface area (Å²) in [5.74, 6) is 0.182. The maximum atomic E-state index is 11.8. The molecule has 0 aliphatic carbocycles. The number of nitrogens with zero attached hydrogens (tertiary/aromatic N) is 2.